The monoisotopic (exact) mass is 676 g/mol. The molecule has 2 heteroatoms. The summed E-state index contributed by atoms with van der Waals surface area (Å²) in [6.07, 6.45) is 0. The van der Waals surface area contributed by atoms with Crippen LogP contribution in [0.15, 0.2) is 182 Å². The maximum absolute atomic E-state index is 2.45. The standard InChI is InChI=1S/C51H36N2/c1-51(2)45-31-37(52-47-19-11-9-17-41(47)43-29-35(21-27-49(43)52)33-13-5-3-6-14-33)23-25-39(45)40-26-24-38(32-46(40)51)53-48-20-12-10-18-42(48)44-30-36(22-28-50(44)53)34-15-7-4-8-16-34/h3-32H,1-2H3. The van der Waals surface area contributed by atoms with E-state index < -0.39 is 0 Å². The Morgan fingerprint density at radius 3 is 1.17 bits per heavy atom. The van der Waals surface area contributed by atoms with E-state index in [1.54, 1.807) is 0 Å². The van der Waals surface area contributed by atoms with Crippen molar-refractivity contribution < 1.29 is 0 Å². The summed E-state index contributed by atoms with van der Waals surface area (Å²) in [5, 5.41) is 5.10. The van der Waals surface area contributed by atoms with Gasteiger partial charge in [-0.15, -0.1) is 0 Å². The molecule has 0 N–H and O–H groups in total. The number of hydrogen-bond donors (Lipinski definition) is 0. The first-order chi connectivity index (χ1) is 26.0. The predicted molar refractivity (Wildman–Crippen MR) is 224 cm³/mol. The van der Waals surface area contributed by atoms with Gasteiger partial charge in [0.05, 0.1) is 22.1 Å². The van der Waals surface area contributed by atoms with E-state index in [9.17, 15) is 0 Å². The quantitative estimate of drug-likeness (QED) is 0.176. The van der Waals surface area contributed by atoms with Crippen molar-refractivity contribution in [1.82, 2.24) is 9.13 Å². The van der Waals surface area contributed by atoms with Gasteiger partial charge in [-0.3, -0.25) is 0 Å². The number of hydrogen-bond acceptors (Lipinski definition) is 0. The number of benzene rings is 8. The van der Waals surface area contributed by atoms with E-state index in [1.807, 2.05) is 0 Å². The Kier molecular flexibility index (Phi) is 6.33. The highest BCUT2D eigenvalue weighted by atomic mass is 15.0. The molecule has 53 heavy (non-hydrogen) atoms. The first-order valence-electron chi connectivity index (χ1n) is 18.5. The molecule has 2 aromatic heterocycles. The second-order valence-corrected chi connectivity index (χ2v) is 15.0. The SMILES string of the molecule is CC1(C)c2cc(-n3c4ccccc4c4cc(-c5ccccc5)ccc43)ccc2-c2ccc(-n3c4ccccc4c4cc(-c5ccccc5)ccc43)cc21. The molecule has 10 aromatic rings. The fourth-order valence-corrected chi connectivity index (χ4v) is 9.11. The Labute approximate surface area is 308 Å². The lowest BCUT2D eigenvalue weighted by Crippen LogP contribution is -2.16. The van der Waals surface area contributed by atoms with Crippen LogP contribution in [-0.2, 0) is 5.41 Å². The summed E-state index contributed by atoms with van der Waals surface area (Å²) in [7, 11) is 0. The van der Waals surface area contributed by atoms with Crippen molar-refractivity contribution in [2.75, 3.05) is 0 Å². The molecule has 0 fully saturated rings. The Hall–Kier alpha value is -6.64. The molecule has 0 radical (unpaired) electrons. The minimum atomic E-state index is -0.185. The van der Waals surface area contributed by atoms with Crippen LogP contribution in [0.1, 0.15) is 25.0 Å². The lowest BCUT2D eigenvalue weighted by atomic mass is 9.82. The number of fused-ring (bicyclic) bond motifs is 9. The summed E-state index contributed by atoms with van der Waals surface area (Å²) in [5.74, 6) is 0. The zero-order valence-electron chi connectivity index (χ0n) is 29.7. The van der Waals surface area contributed by atoms with Crippen molar-refractivity contribution in [2.45, 2.75) is 19.3 Å². The second kappa shape index (κ2) is 11.2. The van der Waals surface area contributed by atoms with Crippen LogP contribution in [0.25, 0.3) is 88.4 Å². The smallest absolute Gasteiger partial charge is 0.0541 e. The Balaban J connectivity index is 1.05. The summed E-state index contributed by atoms with van der Waals surface area (Å²) >= 11 is 0. The Bertz CT molecular complexity index is 2860. The molecular weight excluding hydrogens is 641 g/mol. The van der Waals surface area contributed by atoms with Gasteiger partial charge in [0.15, 0.2) is 0 Å². The average molecular weight is 677 g/mol. The van der Waals surface area contributed by atoms with Crippen molar-refractivity contribution in [3.05, 3.63) is 193 Å². The molecular formula is C51H36N2. The zero-order valence-corrected chi connectivity index (χ0v) is 29.7. The Morgan fingerprint density at radius 2 is 0.717 bits per heavy atom. The summed E-state index contributed by atoms with van der Waals surface area (Å²) in [4.78, 5) is 0. The highest BCUT2D eigenvalue weighted by Crippen LogP contribution is 2.51. The van der Waals surface area contributed by atoms with Crippen molar-refractivity contribution in [3.8, 4) is 44.8 Å². The van der Waals surface area contributed by atoms with Gasteiger partial charge < -0.3 is 9.13 Å². The number of aromatic nitrogens is 2. The van der Waals surface area contributed by atoms with E-state index in [0.717, 1.165) is 0 Å². The molecule has 0 aliphatic heterocycles. The van der Waals surface area contributed by atoms with E-state index in [-0.39, 0.29) is 5.41 Å². The zero-order chi connectivity index (χ0) is 35.3. The van der Waals surface area contributed by atoms with Crippen LogP contribution in [0, 0.1) is 0 Å². The van der Waals surface area contributed by atoms with E-state index in [2.05, 4.69) is 205 Å². The molecule has 0 unspecified atom stereocenters. The molecule has 2 nitrogen and oxygen atoms in total. The third-order valence-corrected chi connectivity index (χ3v) is 11.7. The van der Waals surface area contributed by atoms with E-state index in [0.29, 0.717) is 0 Å². The van der Waals surface area contributed by atoms with Crippen LogP contribution in [0.5, 0.6) is 0 Å². The van der Waals surface area contributed by atoms with Gasteiger partial charge in [-0.25, -0.2) is 0 Å². The molecule has 0 bridgehead atoms. The molecule has 2 heterocycles. The largest absolute Gasteiger partial charge is 0.309 e. The van der Waals surface area contributed by atoms with Crippen LogP contribution in [0.4, 0.5) is 0 Å². The normalized spacial score (nSPS) is 13.2. The van der Waals surface area contributed by atoms with Crippen molar-refractivity contribution in [3.63, 3.8) is 0 Å². The summed E-state index contributed by atoms with van der Waals surface area (Å²) in [6, 6.07) is 67.0. The molecule has 0 spiro atoms. The molecule has 1 aliphatic rings. The maximum Gasteiger partial charge on any atom is 0.0541 e. The number of para-hydroxylation sites is 2. The first kappa shape index (κ1) is 30.0. The maximum atomic E-state index is 2.45. The first-order valence-corrected chi connectivity index (χ1v) is 18.5. The fourth-order valence-electron chi connectivity index (χ4n) is 9.11. The van der Waals surface area contributed by atoms with Crippen LogP contribution >= 0.6 is 0 Å². The van der Waals surface area contributed by atoms with Crippen molar-refractivity contribution in [2.24, 2.45) is 0 Å². The van der Waals surface area contributed by atoms with Gasteiger partial charge in [-0.05, 0) is 105 Å². The molecule has 8 aromatic carbocycles. The van der Waals surface area contributed by atoms with E-state index in [4.69, 9.17) is 0 Å². The molecule has 0 saturated carbocycles. The molecule has 1 aliphatic carbocycles. The van der Waals surface area contributed by atoms with Crippen LogP contribution in [-0.4, -0.2) is 9.13 Å². The molecule has 0 atom stereocenters. The predicted octanol–water partition coefficient (Wildman–Crippen LogP) is 13.5. The summed E-state index contributed by atoms with van der Waals surface area (Å²) in [5.41, 5.74) is 17.4. The van der Waals surface area contributed by atoms with Gasteiger partial charge in [-0.1, -0.05) is 135 Å². The number of nitrogens with zero attached hydrogens (tertiary/aromatic N) is 2. The molecule has 0 saturated heterocycles. The second-order valence-electron chi connectivity index (χ2n) is 15.0. The highest BCUT2D eigenvalue weighted by Gasteiger charge is 2.36. The molecule has 11 rings (SSSR count). The minimum absolute atomic E-state index is 0.185. The van der Waals surface area contributed by atoms with Crippen molar-refractivity contribution in [1.29, 1.82) is 0 Å². The van der Waals surface area contributed by atoms with Gasteiger partial charge in [0.1, 0.15) is 0 Å². The van der Waals surface area contributed by atoms with Gasteiger partial charge in [0.2, 0.25) is 0 Å². The highest BCUT2D eigenvalue weighted by molar-refractivity contribution is 6.11. The molecule has 0 amide bonds. The fraction of sp³-hybridized carbons (Fsp3) is 0.0588. The molecule has 250 valence electrons. The van der Waals surface area contributed by atoms with Gasteiger partial charge >= 0.3 is 0 Å². The van der Waals surface area contributed by atoms with E-state index in [1.165, 1.54) is 99.5 Å². The Morgan fingerprint density at radius 1 is 0.321 bits per heavy atom. The van der Waals surface area contributed by atoms with Gasteiger partial charge in [0, 0.05) is 38.3 Å². The lowest BCUT2D eigenvalue weighted by molar-refractivity contribution is 0.659. The average Bonchev–Trinajstić information content (AvgIpc) is 3.80. The topological polar surface area (TPSA) is 9.86 Å². The van der Waals surface area contributed by atoms with Crippen LogP contribution in [0.3, 0.4) is 0 Å². The van der Waals surface area contributed by atoms with Crippen LogP contribution in [0.2, 0.25) is 0 Å². The lowest BCUT2D eigenvalue weighted by Gasteiger charge is -2.23. The third-order valence-electron chi connectivity index (χ3n) is 11.7. The van der Waals surface area contributed by atoms with Crippen LogP contribution < -0.4 is 0 Å². The van der Waals surface area contributed by atoms with Crippen molar-refractivity contribution >= 4 is 43.6 Å². The summed E-state index contributed by atoms with van der Waals surface area (Å²) in [6.45, 7) is 4.78. The van der Waals surface area contributed by atoms with Gasteiger partial charge in [-0.2, -0.15) is 0 Å². The third kappa shape index (κ3) is 4.39. The summed E-state index contributed by atoms with van der Waals surface area (Å²) < 4.78 is 4.90. The van der Waals surface area contributed by atoms with Gasteiger partial charge in [0.25, 0.3) is 0 Å². The number of rotatable bonds is 4. The van der Waals surface area contributed by atoms with E-state index >= 15 is 0 Å². The minimum Gasteiger partial charge on any atom is -0.309 e.